The molecule has 5 heteroatoms. The quantitative estimate of drug-likeness (QED) is 0.428. The minimum atomic E-state index is -0.110. The van der Waals surface area contributed by atoms with E-state index < -0.39 is 0 Å². The van der Waals surface area contributed by atoms with Crippen molar-refractivity contribution in [3.05, 3.63) is 94.5 Å². The Morgan fingerprint density at radius 2 is 1.65 bits per heavy atom. The van der Waals surface area contributed by atoms with Crippen LogP contribution in [0.3, 0.4) is 0 Å². The van der Waals surface area contributed by atoms with Crippen molar-refractivity contribution in [3.8, 4) is 17.2 Å². The zero-order valence-electron chi connectivity index (χ0n) is 17.8. The maximum atomic E-state index is 13.3. The Kier molecular flexibility index (Phi) is 5.85. The van der Waals surface area contributed by atoms with Crippen molar-refractivity contribution < 1.29 is 9.47 Å². The molecule has 0 radical (unpaired) electrons. The van der Waals surface area contributed by atoms with Gasteiger partial charge < -0.3 is 9.47 Å². The molecule has 4 aromatic rings. The van der Waals surface area contributed by atoms with E-state index in [0.717, 1.165) is 11.3 Å². The van der Waals surface area contributed by atoms with Crippen LogP contribution in [0.5, 0.6) is 11.5 Å². The van der Waals surface area contributed by atoms with E-state index in [1.165, 1.54) is 0 Å². The van der Waals surface area contributed by atoms with Crippen molar-refractivity contribution in [3.63, 3.8) is 0 Å². The Morgan fingerprint density at radius 3 is 2.39 bits per heavy atom. The predicted molar refractivity (Wildman–Crippen MR) is 125 cm³/mol. The molecule has 0 N–H and O–H groups in total. The van der Waals surface area contributed by atoms with Crippen molar-refractivity contribution in [1.29, 1.82) is 0 Å². The summed E-state index contributed by atoms with van der Waals surface area (Å²) in [5.74, 6) is 1.85. The van der Waals surface area contributed by atoms with Crippen LogP contribution in [0.2, 0.25) is 0 Å². The van der Waals surface area contributed by atoms with Gasteiger partial charge in [-0.15, -0.1) is 0 Å². The summed E-state index contributed by atoms with van der Waals surface area (Å²) >= 11 is 0. The molecule has 3 aromatic carbocycles. The van der Waals surface area contributed by atoms with E-state index in [4.69, 9.17) is 14.5 Å². The van der Waals surface area contributed by atoms with E-state index in [2.05, 4.69) is 0 Å². The molecule has 0 saturated heterocycles. The highest BCUT2D eigenvalue weighted by Crippen LogP contribution is 2.33. The van der Waals surface area contributed by atoms with Crippen molar-refractivity contribution in [2.24, 2.45) is 0 Å². The number of fused-ring (bicyclic) bond motifs is 1. The maximum absolute atomic E-state index is 13.3. The van der Waals surface area contributed by atoms with Gasteiger partial charge in [-0.2, -0.15) is 0 Å². The second-order valence-electron chi connectivity index (χ2n) is 7.34. The molecule has 31 heavy (non-hydrogen) atoms. The largest absolute Gasteiger partial charge is 0.493 e. The first-order valence-corrected chi connectivity index (χ1v) is 10.2. The Hall–Kier alpha value is -3.86. The summed E-state index contributed by atoms with van der Waals surface area (Å²) in [5, 5.41) is 0.578. The van der Waals surface area contributed by atoms with Crippen LogP contribution in [0.4, 0.5) is 0 Å². The van der Waals surface area contributed by atoms with Gasteiger partial charge in [0.25, 0.3) is 5.56 Å². The molecule has 0 aliphatic heterocycles. The Morgan fingerprint density at radius 1 is 0.903 bits per heavy atom. The van der Waals surface area contributed by atoms with Crippen molar-refractivity contribution >= 4 is 23.1 Å². The fourth-order valence-electron chi connectivity index (χ4n) is 3.44. The monoisotopic (exact) mass is 412 g/mol. The zero-order chi connectivity index (χ0) is 21.8. The topological polar surface area (TPSA) is 53.3 Å². The molecular weight excluding hydrogens is 388 g/mol. The summed E-state index contributed by atoms with van der Waals surface area (Å²) in [4.78, 5) is 18.1. The maximum Gasteiger partial charge on any atom is 0.266 e. The minimum Gasteiger partial charge on any atom is -0.493 e. The molecule has 0 atom stereocenters. The molecule has 0 saturated carbocycles. The van der Waals surface area contributed by atoms with Gasteiger partial charge in [-0.25, -0.2) is 4.98 Å². The lowest BCUT2D eigenvalue weighted by molar-refractivity contribution is 0.229. The molecule has 0 amide bonds. The molecular formula is C26H24N2O3. The number of hydrogen-bond donors (Lipinski definition) is 0. The van der Waals surface area contributed by atoms with Crippen LogP contribution in [0.25, 0.3) is 28.7 Å². The highest BCUT2D eigenvalue weighted by atomic mass is 16.5. The fourth-order valence-corrected chi connectivity index (χ4v) is 3.44. The predicted octanol–water partition coefficient (Wildman–Crippen LogP) is 5.35. The van der Waals surface area contributed by atoms with Crippen molar-refractivity contribution in [2.75, 3.05) is 7.11 Å². The zero-order valence-corrected chi connectivity index (χ0v) is 17.8. The second-order valence-corrected chi connectivity index (χ2v) is 7.34. The van der Waals surface area contributed by atoms with E-state index in [1.54, 1.807) is 17.7 Å². The highest BCUT2D eigenvalue weighted by molar-refractivity contribution is 5.80. The first-order valence-electron chi connectivity index (χ1n) is 10.2. The van der Waals surface area contributed by atoms with Crippen LogP contribution >= 0.6 is 0 Å². The van der Waals surface area contributed by atoms with Gasteiger partial charge in [-0.3, -0.25) is 9.36 Å². The molecule has 0 fully saturated rings. The third-order valence-electron chi connectivity index (χ3n) is 4.81. The molecule has 0 unspecified atom stereocenters. The standard InChI is InChI=1S/C26H24N2O3/c1-18(2)31-25-19(10-9-15-23(25)30-3)16-17-24-27-22-14-8-7-13-21(22)26(29)28(24)20-11-5-4-6-12-20/h4-18H,1-3H3/b17-16+. The summed E-state index contributed by atoms with van der Waals surface area (Å²) in [6.45, 7) is 3.94. The third kappa shape index (κ3) is 4.21. The van der Waals surface area contributed by atoms with E-state index in [0.29, 0.717) is 28.2 Å². The van der Waals surface area contributed by atoms with Crippen LogP contribution in [-0.4, -0.2) is 22.8 Å². The highest BCUT2D eigenvalue weighted by Gasteiger charge is 2.13. The van der Waals surface area contributed by atoms with Gasteiger partial charge in [0.1, 0.15) is 5.82 Å². The Bertz CT molecular complexity index is 1290. The van der Waals surface area contributed by atoms with E-state index in [-0.39, 0.29) is 11.7 Å². The first kappa shape index (κ1) is 20.4. The molecule has 1 aromatic heterocycles. The van der Waals surface area contributed by atoms with Gasteiger partial charge in [-0.1, -0.05) is 42.5 Å². The molecule has 0 aliphatic rings. The van der Waals surface area contributed by atoms with Crippen LogP contribution in [-0.2, 0) is 0 Å². The normalized spacial score (nSPS) is 11.4. The lowest BCUT2D eigenvalue weighted by atomic mass is 10.1. The van der Waals surface area contributed by atoms with Crippen LogP contribution in [0.1, 0.15) is 25.2 Å². The van der Waals surface area contributed by atoms with E-state index >= 15 is 0 Å². The van der Waals surface area contributed by atoms with E-state index in [1.807, 2.05) is 92.7 Å². The van der Waals surface area contributed by atoms with Gasteiger partial charge in [-0.05, 0) is 56.3 Å². The molecule has 0 spiro atoms. The molecule has 156 valence electrons. The number of aromatic nitrogens is 2. The number of methoxy groups -OCH3 is 1. The van der Waals surface area contributed by atoms with Crippen molar-refractivity contribution in [2.45, 2.75) is 20.0 Å². The second kappa shape index (κ2) is 8.88. The number of benzene rings is 3. The van der Waals surface area contributed by atoms with Crippen LogP contribution < -0.4 is 15.0 Å². The average Bonchev–Trinajstić information content (AvgIpc) is 2.78. The molecule has 5 nitrogen and oxygen atoms in total. The van der Waals surface area contributed by atoms with Gasteiger partial charge >= 0.3 is 0 Å². The minimum absolute atomic E-state index is 0.00950. The van der Waals surface area contributed by atoms with Gasteiger partial charge in [0.2, 0.25) is 0 Å². The van der Waals surface area contributed by atoms with Gasteiger partial charge in [0, 0.05) is 5.56 Å². The fraction of sp³-hybridized carbons (Fsp3) is 0.154. The lowest BCUT2D eigenvalue weighted by Crippen LogP contribution is -2.22. The summed E-state index contributed by atoms with van der Waals surface area (Å²) in [6.07, 6.45) is 3.73. The smallest absolute Gasteiger partial charge is 0.266 e. The molecule has 0 aliphatic carbocycles. The summed E-state index contributed by atoms with van der Waals surface area (Å²) in [6, 6.07) is 22.6. The number of ether oxygens (including phenoxy) is 2. The Balaban J connectivity index is 1.90. The summed E-state index contributed by atoms with van der Waals surface area (Å²) < 4.78 is 13.1. The van der Waals surface area contributed by atoms with Gasteiger partial charge in [0.15, 0.2) is 11.5 Å². The van der Waals surface area contributed by atoms with Crippen LogP contribution in [0, 0.1) is 0 Å². The SMILES string of the molecule is COc1cccc(/C=C/c2nc3ccccc3c(=O)n2-c2ccccc2)c1OC(C)C. The summed E-state index contributed by atoms with van der Waals surface area (Å²) in [7, 11) is 1.62. The van der Waals surface area contributed by atoms with Crippen molar-refractivity contribution in [1.82, 2.24) is 9.55 Å². The number of hydrogen-bond acceptors (Lipinski definition) is 4. The van der Waals surface area contributed by atoms with Gasteiger partial charge in [0.05, 0.1) is 29.8 Å². The number of para-hydroxylation sites is 3. The van der Waals surface area contributed by atoms with Crippen LogP contribution in [0.15, 0.2) is 77.6 Å². The molecule has 4 rings (SSSR count). The third-order valence-corrected chi connectivity index (χ3v) is 4.81. The summed E-state index contributed by atoms with van der Waals surface area (Å²) in [5.41, 5.74) is 2.15. The van der Waals surface area contributed by atoms with E-state index in [9.17, 15) is 4.79 Å². The average molecular weight is 412 g/mol. The Labute approximate surface area is 181 Å². The molecule has 1 heterocycles. The lowest BCUT2D eigenvalue weighted by Gasteiger charge is -2.16. The molecule has 0 bridgehead atoms. The number of nitrogens with zero attached hydrogens (tertiary/aromatic N) is 2. The number of rotatable bonds is 6. The first-order chi connectivity index (χ1) is 15.1.